The monoisotopic (exact) mass is 410 g/mol. The number of aliphatic hydroxyl groups is 1. The van der Waals surface area contributed by atoms with Crippen molar-refractivity contribution in [2.24, 2.45) is 0 Å². The second-order valence-electron chi connectivity index (χ2n) is 7.49. The Kier molecular flexibility index (Phi) is 4.72. The number of fused-ring (bicyclic) bond motifs is 2. The molecular formula is C24H22N6O. The quantitative estimate of drug-likeness (QED) is 0.254. The number of hydrogen-bond acceptors (Lipinski definition) is 6. The van der Waals surface area contributed by atoms with Gasteiger partial charge in [-0.05, 0) is 40.5 Å². The summed E-state index contributed by atoms with van der Waals surface area (Å²) in [6, 6.07) is 15.5. The molecule has 154 valence electrons. The van der Waals surface area contributed by atoms with Crippen molar-refractivity contribution in [1.29, 1.82) is 5.41 Å². The minimum Gasteiger partial charge on any atom is -0.504 e. The average Bonchev–Trinajstić information content (AvgIpc) is 3.44. The fourth-order valence-corrected chi connectivity index (χ4v) is 3.90. The SMILES string of the molecule is CN/C(=C(/O)C(=N)c1ccc(-c2cccnc2)cc1)c1nc2cc3c(cc2[nH]1)CNC3. The van der Waals surface area contributed by atoms with E-state index in [0.29, 0.717) is 17.1 Å². The Morgan fingerprint density at radius 3 is 2.55 bits per heavy atom. The van der Waals surface area contributed by atoms with Crippen LogP contribution in [0.15, 0.2) is 66.7 Å². The molecule has 0 fully saturated rings. The van der Waals surface area contributed by atoms with Crippen molar-refractivity contribution >= 4 is 22.4 Å². The summed E-state index contributed by atoms with van der Waals surface area (Å²) in [4.78, 5) is 12.1. The van der Waals surface area contributed by atoms with Gasteiger partial charge in [-0.25, -0.2) is 4.98 Å². The zero-order chi connectivity index (χ0) is 21.4. The first kappa shape index (κ1) is 19.0. The van der Waals surface area contributed by atoms with Crippen molar-refractivity contribution in [3.05, 3.63) is 89.2 Å². The van der Waals surface area contributed by atoms with Gasteiger partial charge in [-0.1, -0.05) is 30.3 Å². The van der Waals surface area contributed by atoms with Crippen LogP contribution in [-0.4, -0.2) is 32.8 Å². The molecule has 0 amide bonds. The predicted molar refractivity (Wildman–Crippen MR) is 122 cm³/mol. The zero-order valence-corrected chi connectivity index (χ0v) is 17.0. The van der Waals surface area contributed by atoms with Crippen molar-refractivity contribution in [3.8, 4) is 11.1 Å². The van der Waals surface area contributed by atoms with Gasteiger partial charge in [0.05, 0.1) is 11.0 Å². The van der Waals surface area contributed by atoms with E-state index in [-0.39, 0.29) is 11.5 Å². The summed E-state index contributed by atoms with van der Waals surface area (Å²) in [7, 11) is 1.71. The van der Waals surface area contributed by atoms with Gasteiger partial charge in [0.2, 0.25) is 0 Å². The number of H-pyrrole nitrogens is 1. The second kappa shape index (κ2) is 7.70. The van der Waals surface area contributed by atoms with Crippen LogP contribution in [0.25, 0.3) is 27.9 Å². The third-order valence-corrected chi connectivity index (χ3v) is 5.56. The van der Waals surface area contributed by atoms with E-state index in [1.165, 1.54) is 11.1 Å². The predicted octanol–water partition coefficient (Wildman–Crippen LogP) is 3.74. The number of nitrogens with one attached hydrogen (secondary N) is 4. The van der Waals surface area contributed by atoms with Crippen LogP contribution in [0.4, 0.5) is 0 Å². The highest BCUT2D eigenvalue weighted by molar-refractivity contribution is 6.12. The van der Waals surface area contributed by atoms with E-state index in [1.54, 1.807) is 19.4 Å². The van der Waals surface area contributed by atoms with Gasteiger partial charge >= 0.3 is 0 Å². The lowest BCUT2D eigenvalue weighted by molar-refractivity contribution is 0.442. The average molecular weight is 410 g/mol. The number of nitrogens with zero attached hydrogens (tertiary/aromatic N) is 2. The number of benzene rings is 2. The van der Waals surface area contributed by atoms with Gasteiger partial charge in [-0.15, -0.1) is 0 Å². The molecule has 0 unspecified atom stereocenters. The summed E-state index contributed by atoms with van der Waals surface area (Å²) < 4.78 is 0. The molecule has 3 heterocycles. The van der Waals surface area contributed by atoms with Crippen LogP contribution >= 0.6 is 0 Å². The van der Waals surface area contributed by atoms with Crippen LogP contribution in [-0.2, 0) is 13.1 Å². The minimum absolute atomic E-state index is 0.0224. The highest BCUT2D eigenvalue weighted by Gasteiger charge is 2.19. The molecule has 1 aliphatic rings. The van der Waals surface area contributed by atoms with E-state index >= 15 is 0 Å². The standard InChI is InChI=1S/C24H22N6O/c1-26-22(24-29-19-9-17-12-28-13-18(17)10-20(19)30-24)23(31)21(25)15-6-4-14(5-7-15)16-3-2-8-27-11-16/h2-11,25-26,28,31H,12-13H2,1H3,(H,29,30)/b23-22+,25-21?. The van der Waals surface area contributed by atoms with Crippen LogP contribution in [0.5, 0.6) is 0 Å². The molecule has 4 aromatic rings. The van der Waals surface area contributed by atoms with Crippen LogP contribution in [0.1, 0.15) is 22.5 Å². The first-order chi connectivity index (χ1) is 15.1. The van der Waals surface area contributed by atoms with Crippen LogP contribution < -0.4 is 10.6 Å². The first-order valence-electron chi connectivity index (χ1n) is 10.1. The maximum absolute atomic E-state index is 10.9. The van der Waals surface area contributed by atoms with E-state index in [0.717, 1.165) is 35.2 Å². The van der Waals surface area contributed by atoms with Crippen molar-refractivity contribution in [2.75, 3.05) is 7.05 Å². The molecule has 1 aliphatic heterocycles. The van der Waals surface area contributed by atoms with Gasteiger partial charge < -0.3 is 20.7 Å². The molecule has 31 heavy (non-hydrogen) atoms. The summed E-state index contributed by atoms with van der Waals surface area (Å²) in [5.74, 6) is 0.341. The molecule has 0 radical (unpaired) electrons. The molecule has 2 aromatic carbocycles. The van der Waals surface area contributed by atoms with Crippen molar-refractivity contribution < 1.29 is 5.11 Å². The second-order valence-corrected chi connectivity index (χ2v) is 7.49. The van der Waals surface area contributed by atoms with E-state index in [9.17, 15) is 5.11 Å². The Bertz CT molecular complexity index is 1260. The Balaban J connectivity index is 1.47. The van der Waals surface area contributed by atoms with Crippen LogP contribution in [0, 0.1) is 5.41 Å². The Morgan fingerprint density at radius 2 is 1.84 bits per heavy atom. The third-order valence-electron chi connectivity index (χ3n) is 5.56. The van der Waals surface area contributed by atoms with Gasteiger partial charge in [0.15, 0.2) is 11.6 Å². The molecule has 2 aromatic heterocycles. The molecule has 5 N–H and O–H groups in total. The lowest BCUT2D eigenvalue weighted by Crippen LogP contribution is -2.15. The topological polar surface area (TPSA) is 110 Å². The fraction of sp³-hybridized carbons (Fsp3) is 0.125. The van der Waals surface area contributed by atoms with Crippen molar-refractivity contribution in [1.82, 2.24) is 25.6 Å². The molecule has 0 saturated heterocycles. The molecule has 5 rings (SSSR count). The minimum atomic E-state index is -0.162. The normalized spacial score (nSPS) is 13.7. The number of pyridine rings is 1. The number of imidazole rings is 1. The first-order valence-corrected chi connectivity index (χ1v) is 10.1. The van der Waals surface area contributed by atoms with Gasteiger partial charge in [-0.3, -0.25) is 10.4 Å². The molecular weight excluding hydrogens is 388 g/mol. The fourth-order valence-electron chi connectivity index (χ4n) is 3.90. The Hall–Kier alpha value is -3.97. The smallest absolute Gasteiger partial charge is 0.168 e. The van der Waals surface area contributed by atoms with Gasteiger partial charge in [0.1, 0.15) is 11.4 Å². The largest absolute Gasteiger partial charge is 0.504 e. The molecule has 7 heteroatoms. The highest BCUT2D eigenvalue weighted by atomic mass is 16.3. The van der Waals surface area contributed by atoms with E-state index in [2.05, 4.69) is 37.7 Å². The lowest BCUT2D eigenvalue weighted by atomic mass is 10.0. The molecule has 0 bridgehead atoms. The Labute approximate surface area is 179 Å². The number of aliphatic hydroxyl groups excluding tert-OH is 1. The number of aromatic amines is 1. The molecule has 0 spiro atoms. The Morgan fingerprint density at radius 1 is 1.06 bits per heavy atom. The maximum Gasteiger partial charge on any atom is 0.168 e. The molecule has 0 aliphatic carbocycles. The van der Waals surface area contributed by atoms with Crippen molar-refractivity contribution in [2.45, 2.75) is 13.1 Å². The van der Waals surface area contributed by atoms with Crippen LogP contribution in [0.2, 0.25) is 0 Å². The van der Waals surface area contributed by atoms with Gasteiger partial charge in [0, 0.05) is 38.1 Å². The lowest BCUT2D eigenvalue weighted by Gasteiger charge is -2.10. The highest BCUT2D eigenvalue weighted by Crippen LogP contribution is 2.25. The third kappa shape index (κ3) is 3.45. The summed E-state index contributed by atoms with van der Waals surface area (Å²) in [6.45, 7) is 1.69. The molecule has 0 saturated carbocycles. The number of aromatic nitrogens is 3. The number of hydrogen-bond donors (Lipinski definition) is 5. The maximum atomic E-state index is 10.9. The van der Waals surface area contributed by atoms with Gasteiger partial charge in [-0.2, -0.15) is 0 Å². The summed E-state index contributed by atoms with van der Waals surface area (Å²) >= 11 is 0. The van der Waals surface area contributed by atoms with Crippen molar-refractivity contribution in [3.63, 3.8) is 0 Å². The molecule has 0 atom stereocenters. The molecule has 7 nitrogen and oxygen atoms in total. The summed E-state index contributed by atoms with van der Waals surface area (Å²) in [6.07, 6.45) is 3.53. The summed E-state index contributed by atoms with van der Waals surface area (Å²) in [5, 5.41) is 25.7. The van der Waals surface area contributed by atoms with E-state index in [1.807, 2.05) is 36.4 Å². The number of rotatable bonds is 5. The number of allylic oxidation sites excluding steroid dienone is 1. The van der Waals surface area contributed by atoms with Gasteiger partial charge in [0.25, 0.3) is 0 Å². The van der Waals surface area contributed by atoms with E-state index < -0.39 is 0 Å². The zero-order valence-electron chi connectivity index (χ0n) is 17.0. The van der Waals surface area contributed by atoms with Crippen LogP contribution in [0.3, 0.4) is 0 Å². The summed E-state index contributed by atoms with van der Waals surface area (Å²) in [5.41, 5.74) is 7.26. The van der Waals surface area contributed by atoms with E-state index in [4.69, 9.17) is 5.41 Å².